The molecule has 0 rings (SSSR count). The highest BCUT2D eigenvalue weighted by molar-refractivity contribution is 5.02. The number of rotatable bonds is 4. The van der Waals surface area contributed by atoms with E-state index in [0.29, 0.717) is 6.61 Å². The van der Waals surface area contributed by atoms with Crippen molar-refractivity contribution in [1.29, 1.82) is 0 Å². The SMILES string of the molecule is C=CCCCOC#CC(C)(C)C. The monoisotopic (exact) mass is 166 g/mol. The van der Waals surface area contributed by atoms with E-state index in [1.807, 2.05) is 6.08 Å². The average Bonchev–Trinajstić information content (AvgIpc) is 1.94. The van der Waals surface area contributed by atoms with E-state index in [9.17, 15) is 0 Å². The summed E-state index contributed by atoms with van der Waals surface area (Å²) in [5.41, 5.74) is 0.0401. The predicted molar refractivity (Wildman–Crippen MR) is 52.6 cm³/mol. The second-order valence-corrected chi connectivity index (χ2v) is 3.76. The quantitative estimate of drug-likeness (QED) is 0.354. The molecule has 0 bridgehead atoms. The number of ether oxygens (including phenoxy) is 1. The third kappa shape index (κ3) is 9.10. The van der Waals surface area contributed by atoms with Crippen molar-refractivity contribution in [2.75, 3.05) is 6.61 Å². The van der Waals surface area contributed by atoms with Crippen molar-refractivity contribution in [3.63, 3.8) is 0 Å². The molecule has 0 radical (unpaired) electrons. The summed E-state index contributed by atoms with van der Waals surface area (Å²) >= 11 is 0. The fraction of sp³-hybridized carbons (Fsp3) is 0.636. The van der Waals surface area contributed by atoms with Gasteiger partial charge in [-0.15, -0.1) is 6.58 Å². The maximum absolute atomic E-state index is 5.10. The van der Waals surface area contributed by atoms with Crippen molar-refractivity contribution in [2.45, 2.75) is 33.6 Å². The van der Waals surface area contributed by atoms with Gasteiger partial charge >= 0.3 is 0 Å². The largest absolute Gasteiger partial charge is 0.447 e. The van der Waals surface area contributed by atoms with E-state index in [-0.39, 0.29) is 5.41 Å². The van der Waals surface area contributed by atoms with E-state index in [0.717, 1.165) is 12.8 Å². The molecule has 0 atom stereocenters. The molecule has 0 saturated carbocycles. The molecule has 0 aromatic carbocycles. The molecule has 1 nitrogen and oxygen atoms in total. The molecule has 0 aromatic heterocycles. The molecular formula is C11H18O. The zero-order valence-electron chi connectivity index (χ0n) is 8.31. The fourth-order valence-electron chi connectivity index (χ4n) is 0.540. The van der Waals surface area contributed by atoms with Crippen LogP contribution >= 0.6 is 0 Å². The Morgan fingerprint density at radius 1 is 1.42 bits per heavy atom. The van der Waals surface area contributed by atoms with E-state index < -0.39 is 0 Å². The van der Waals surface area contributed by atoms with Crippen LogP contribution in [0.5, 0.6) is 0 Å². The third-order valence-corrected chi connectivity index (χ3v) is 1.15. The minimum atomic E-state index is 0.0401. The summed E-state index contributed by atoms with van der Waals surface area (Å²) in [6, 6.07) is 0. The van der Waals surface area contributed by atoms with Crippen LogP contribution in [0.15, 0.2) is 12.7 Å². The lowest BCUT2D eigenvalue weighted by Gasteiger charge is -2.06. The summed E-state index contributed by atoms with van der Waals surface area (Å²) in [4.78, 5) is 0. The van der Waals surface area contributed by atoms with Gasteiger partial charge in [0.15, 0.2) is 0 Å². The molecule has 0 fully saturated rings. The highest BCUT2D eigenvalue weighted by Crippen LogP contribution is 2.09. The molecule has 0 N–H and O–H groups in total. The molecule has 0 saturated heterocycles. The Morgan fingerprint density at radius 2 is 2.08 bits per heavy atom. The second kappa shape index (κ2) is 5.71. The van der Waals surface area contributed by atoms with E-state index in [2.05, 4.69) is 39.4 Å². The third-order valence-electron chi connectivity index (χ3n) is 1.15. The summed E-state index contributed by atoms with van der Waals surface area (Å²) in [6.45, 7) is 10.5. The van der Waals surface area contributed by atoms with Crippen molar-refractivity contribution in [1.82, 2.24) is 0 Å². The summed E-state index contributed by atoms with van der Waals surface area (Å²) in [6.07, 6.45) is 6.59. The zero-order valence-corrected chi connectivity index (χ0v) is 8.31. The average molecular weight is 166 g/mol. The van der Waals surface area contributed by atoms with E-state index in [1.54, 1.807) is 0 Å². The van der Waals surface area contributed by atoms with Crippen LogP contribution < -0.4 is 0 Å². The molecule has 68 valence electrons. The van der Waals surface area contributed by atoms with Crippen LogP contribution in [0.25, 0.3) is 0 Å². The Kier molecular flexibility index (Phi) is 5.28. The van der Waals surface area contributed by atoms with Gasteiger partial charge in [-0.25, -0.2) is 0 Å². The van der Waals surface area contributed by atoms with Gasteiger partial charge in [0.25, 0.3) is 0 Å². The van der Waals surface area contributed by atoms with Crippen molar-refractivity contribution in [2.24, 2.45) is 5.41 Å². The number of hydrogen-bond acceptors (Lipinski definition) is 1. The molecule has 0 unspecified atom stereocenters. The van der Waals surface area contributed by atoms with Crippen molar-refractivity contribution < 1.29 is 4.74 Å². The first-order chi connectivity index (χ1) is 5.56. The molecule has 0 heterocycles. The number of hydrogen-bond donors (Lipinski definition) is 0. The fourth-order valence-corrected chi connectivity index (χ4v) is 0.540. The van der Waals surface area contributed by atoms with Crippen LogP contribution in [0.4, 0.5) is 0 Å². The Hall–Kier alpha value is -0.900. The van der Waals surface area contributed by atoms with Crippen LogP contribution in [-0.2, 0) is 4.74 Å². The Morgan fingerprint density at radius 3 is 2.58 bits per heavy atom. The first-order valence-electron chi connectivity index (χ1n) is 4.31. The molecule has 0 aliphatic carbocycles. The molecule has 0 amide bonds. The maximum atomic E-state index is 5.10. The first kappa shape index (κ1) is 11.1. The van der Waals surface area contributed by atoms with Gasteiger partial charge < -0.3 is 4.74 Å². The van der Waals surface area contributed by atoms with Gasteiger partial charge in [0.05, 0.1) is 0 Å². The summed E-state index contributed by atoms with van der Waals surface area (Å²) in [7, 11) is 0. The van der Waals surface area contributed by atoms with Gasteiger partial charge in [-0.3, -0.25) is 0 Å². The van der Waals surface area contributed by atoms with Crippen LogP contribution in [-0.4, -0.2) is 6.61 Å². The topological polar surface area (TPSA) is 9.23 Å². The van der Waals surface area contributed by atoms with Gasteiger partial charge in [0, 0.05) is 5.41 Å². The van der Waals surface area contributed by atoms with Crippen LogP contribution in [0, 0.1) is 17.4 Å². The molecule has 0 aliphatic heterocycles. The van der Waals surface area contributed by atoms with Crippen molar-refractivity contribution in [3.8, 4) is 12.0 Å². The van der Waals surface area contributed by atoms with Crippen LogP contribution in [0.2, 0.25) is 0 Å². The van der Waals surface area contributed by atoms with Crippen LogP contribution in [0.3, 0.4) is 0 Å². The molecule has 0 aliphatic rings. The first-order valence-corrected chi connectivity index (χ1v) is 4.31. The summed E-state index contributed by atoms with van der Waals surface area (Å²) in [5.74, 6) is 3.00. The van der Waals surface area contributed by atoms with E-state index in [4.69, 9.17) is 4.74 Å². The highest BCUT2D eigenvalue weighted by atomic mass is 16.5. The predicted octanol–water partition coefficient (Wildman–Crippen LogP) is 2.98. The number of unbranched alkanes of at least 4 members (excludes halogenated alkanes) is 1. The molecule has 0 aromatic rings. The Labute approximate surface area is 75.8 Å². The van der Waals surface area contributed by atoms with E-state index in [1.165, 1.54) is 0 Å². The molecular weight excluding hydrogens is 148 g/mol. The summed E-state index contributed by atoms with van der Waals surface area (Å²) < 4.78 is 5.10. The van der Waals surface area contributed by atoms with Crippen molar-refractivity contribution in [3.05, 3.63) is 12.7 Å². The maximum Gasteiger partial charge on any atom is 0.110 e. The Balaban J connectivity index is 3.40. The second-order valence-electron chi connectivity index (χ2n) is 3.76. The summed E-state index contributed by atoms with van der Waals surface area (Å²) in [5, 5.41) is 0. The minimum Gasteiger partial charge on any atom is -0.447 e. The lowest BCUT2D eigenvalue weighted by atomic mass is 9.99. The smallest absolute Gasteiger partial charge is 0.110 e. The van der Waals surface area contributed by atoms with Gasteiger partial charge in [0.1, 0.15) is 12.7 Å². The zero-order chi connectivity index (χ0) is 9.45. The molecule has 1 heteroatoms. The number of allylic oxidation sites excluding steroid dienone is 1. The molecule has 0 spiro atoms. The van der Waals surface area contributed by atoms with Crippen molar-refractivity contribution >= 4 is 0 Å². The normalized spacial score (nSPS) is 9.92. The van der Waals surface area contributed by atoms with Gasteiger partial charge in [0.2, 0.25) is 0 Å². The van der Waals surface area contributed by atoms with Gasteiger partial charge in [-0.1, -0.05) is 12.0 Å². The Bertz CT molecular complexity index is 175. The lowest BCUT2D eigenvalue weighted by molar-refractivity contribution is 0.271. The van der Waals surface area contributed by atoms with E-state index >= 15 is 0 Å². The highest BCUT2D eigenvalue weighted by Gasteiger charge is 2.03. The minimum absolute atomic E-state index is 0.0401. The van der Waals surface area contributed by atoms with Gasteiger partial charge in [-0.05, 0) is 33.6 Å². The lowest BCUT2D eigenvalue weighted by Crippen LogP contribution is -2.00. The standard InChI is InChI=1S/C11H18O/c1-5-6-7-9-12-10-8-11(2,3)4/h5H,1,6-7,9H2,2-4H3. The van der Waals surface area contributed by atoms with Crippen LogP contribution in [0.1, 0.15) is 33.6 Å². The molecule has 12 heavy (non-hydrogen) atoms. The van der Waals surface area contributed by atoms with Gasteiger partial charge in [-0.2, -0.15) is 0 Å².